The number of nitrogens with one attached hydrogen (secondary N) is 1. The first-order valence-corrected chi connectivity index (χ1v) is 12.4. The minimum atomic E-state index is -0.112. The van der Waals surface area contributed by atoms with E-state index in [1.165, 1.54) is 11.8 Å². The summed E-state index contributed by atoms with van der Waals surface area (Å²) in [5.74, 6) is 0.696. The van der Waals surface area contributed by atoms with E-state index in [-0.39, 0.29) is 11.7 Å². The molecule has 0 bridgehead atoms. The van der Waals surface area contributed by atoms with Crippen molar-refractivity contribution in [1.82, 2.24) is 19.7 Å². The van der Waals surface area contributed by atoms with Gasteiger partial charge in [0, 0.05) is 15.5 Å². The maximum Gasteiger partial charge on any atom is 0.234 e. The van der Waals surface area contributed by atoms with Crippen LogP contribution in [0.4, 0.5) is 5.69 Å². The van der Waals surface area contributed by atoms with Crippen LogP contribution in [0, 0.1) is 6.92 Å². The zero-order valence-electron chi connectivity index (χ0n) is 18.3. The quantitative estimate of drug-likeness (QED) is 0.262. The van der Waals surface area contributed by atoms with E-state index in [9.17, 15) is 4.79 Å². The fraction of sp³-hybridized carbons (Fsp3) is 0.0769. The smallest absolute Gasteiger partial charge is 0.234 e. The molecule has 6 nitrogen and oxygen atoms in total. The van der Waals surface area contributed by atoms with Gasteiger partial charge in [0.15, 0.2) is 11.0 Å². The summed E-state index contributed by atoms with van der Waals surface area (Å²) in [5, 5.41) is 13.5. The first kappa shape index (κ1) is 22.3. The third-order valence-corrected chi connectivity index (χ3v) is 6.76. The molecule has 8 heteroatoms. The second-order valence-corrected chi connectivity index (χ2v) is 9.49. The summed E-state index contributed by atoms with van der Waals surface area (Å²) >= 11 is 5.02. The number of benzene rings is 3. The first-order chi connectivity index (χ1) is 16.6. The van der Waals surface area contributed by atoms with Crippen LogP contribution in [0.3, 0.4) is 0 Å². The fourth-order valence-corrected chi connectivity index (χ4v) is 4.99. The van der Waals surface area contributed by atoms with Crippen LogP contribution in [0.15, 0.2) is 94.6 Å². The highest BCUT2D eigenvalue weighted by atomic mass is 79.9. The number of carbonyl (C=O) groups is 1. The lowest BCUT2D eigenvalue weighted by Gasteiger charge is -2.13. The highest BCUT2D eigenvalue weighted by Gasteiger charge is 2.20. The summed E-state index contributed by atoms with van der Waals surface area (Å²) < 4.78 is 2.85. The highest BCUT2D eigenvalue weighted by Crippen LogP contribution is 2.32. The molecule has 0 spiro atoms. The Balaban J connectivity index is 1.51. The molecular weight excluding hydrogens is 510 g/mol. The van der Waals surface area contributed by atoms with Gasteiger partial charge in [-0.25, -0.2) is 4.98 Å². The van der Waals surface area contributed by atoms with Crippen molar-refractivity contribution in [2.45, 2.75) is 12.1 Å². The second kappa shape index (κ2) is 9.79. The number of hydrogen-bond acceptors (Lipinski definition) is 5. The average molecular weight is 530 g/mol. The van der Waals surface area contributed by atoms with E-state index in [2.05, 4.69) is 31.4 Å². The van der Waals surface area contributed by atoms with Gasteiger partial charge in [-0.05, 0) is 64.8 Å². The van der Waals surface area contributed by atoms with Crippen LogP contribution >= 0.6 is 27.7 Å². The van der Waals surface area contributed by atoms with Gasteiger partial charge >= 0.3 is 0 Å². The zero-order valence-corrected chi connectivity index (χ0v) is 20.7. The molecule has 1 amide bonds. The number of fused-ring (bicyclic) bond motifs is 1. The molecule has 0 saturated carbocycles. The van der Waals surface area contributed by atoms with Crippen molar-refractivity contribution in [2.75, 3.05) is 11.1 Å². The molecule has 0 aliphatic rings. The lowest BCUT2D eigenvalue weighted by atomic mass is 10.2. The van der Waals surface area contributed by atoms with Gasteiger partial charge in [0.05, 0.1) is 17.0 Å². The van der Waals surface area contributed by atoms with Crippen molar-refractivity contribution in [3.05, 3.63) is 95.0 Å². The molecule has 0 fully saturated rings. The number of pyridine rings is 1. The number of para-hydroxylation sites is 2. The zero-order chi connectivity index (χ0) is 23.5. The predicted octanol–water partition coefficient (Wildman–Crippen LogP) is 6.28. The Morgan fingerprint density at radius 1 is 0.971 bits per heavy atom. The minimum absolute atomic E-state index is 0.112. The van der Waals surface area contributed by atoms with Crippen molar-refractivity contribution in [3.63, 3.8) is 0 Å². The van der Waals surface area contributed by atoms with Crippen LogP contribution in [-0.2, 0) is 4.79 Å². The SMILES string of the molecule is Cc1ccc(-n2c(SCC(=O)Nc3ccccc3)nnc2-c2ccc3ccccc3n2)c(Br)c1. The van der Waals surface area contributed by atoms with Gasteiger partial charge in [0.2, 0.25) is 5.91 Å². The highest BCUT2D eigenvalue weighted by molar-refractivity contribution is 9.10. The topological polar surface area (TPSA) is 72.7 Å². The van der Waals surface area contributed by atoms with E-state index in [0.29, 0.717) is 16.7 Å². The summed E-state index contributed by atoms with van der Waals surface area (Å²) in [5.41, 5.74) is 4.36. The fourth-order valence-electron chi connectivity index (χ4n) is 3.58. The molecule has 3 aromatic carbocycles. The molecule has 0 saturated heterocycles. The van der Waals surface area contributed by atoms with Crippen molar-refractivity contribution in [3.8, 4) is 17.2 Å². The Morgan fingerprint density at radius 2 is 1.76 bits per heavy atom. The van der Waals surface area contributed by atoms with Crippen molar-refractivity contribution >= 4 is 50.2 Å². The number of amides is 1. The van der Waals surface area contributed by atoms with Crippen LogP contribution in [0.25, 0.3) is 28.1 Å². The van der Waals surface area contributed by atoms with Crippen LogP contribution in [0.5, 0.6) is 0 Å². The third kappa shape index (κ3) is 4.73. The lowest BCUT2D eigenvalue weighted by Crippen LogP contribution is -2.14. The van der Waals surface area contributed by atoms with E-state index in [1.54, 1.807) is 0 Å². The molecule has 168 valence electrons. The number of halogens is 1. The Bertz CT molecular complexity index is 1490. The second-order valence-electron chi connectivity index (χ2n) is 7.69. The van der Waals surface area contributed by atoms with Gasteiger partial charge < -0.3 is 5.32 Å². The first-order valence-electron chi connectivity index (χ1n) is 10.6. The predicted molar refractivity (Wildman–Crippen MR) is 140 cm³/mol. The Morgan fingerprint density at radius 3 is 2.59 bits per heavy atom. The Kier molecular flexibility index (Phi) is 6.42. The maximum absolute atomic E-state index is 12.6. The van der Waals surface area contributed by atoms with Crippen LogP contribution < -0.4 is 5.32 Å². The summed E-state index contributed by atoms with van der Waals surface area (Å²) in [6.45, 7) is 2.04. The largest absolute Gasteiger partial charge is 0.325 e. The van der Waals surface area contributed by atoms with Crippen LogP contribution in [0.1, 0.15) is 5.56 Å². The van der Waals surface area contributed by atoms with Crippen molar-refractivity contribution < 1.29 is 4.79 Å². The number of anilines is 1. The van der Waals surface area contributed by atoms with Crippen LogP contribution in [0.2, 0.25) is 0 Å². The van der Waals surface area contributed by atoms with E-state index < -0.39 is 0 Å². The van der Waals surface area contributed by atoms with Gasteiger partial charge in [-0.2, -0.15) is 0 Å². The normalized spacial score (nSPS) is 11.0. The summed E-state index contributed by atoms with van der Waals surface area (Å²) in [6.07, 6.45) is 0. The molecule has 0 atom stereocenters. The minimum Gasteiger partial charge on any atom is -0.325 e. The number of nitrogens with zero attached hydrogens (tertiary/aromatic N) is 4. The Hall–Kier alpha value is -3.49. The number of aryl methyl sites for hydroxylation is 1. The standard InChI is InChI=1S/C26H20BrN5OS/c1-17-11-14-23(20(27)15-17)32-25(22-13-12-18-7-5-6-10-21(18)29-22)30-31-26(32)34-16-24(33)28-19-8-3-2-4-9-19/h2-15H,16H2,1H3,(H,28,33). The molecule has 2 aromatic heterocycles. The molecule has 5 aromatic rings. The van der Waals surface area contributed by atoms with Gasteiger partial charge in [0.1, 0.15) is 5.69 Å². The molecule has 0 unspecified atom stereocenters. The number of aromatic nitrogens is 4. The number of hydrogen-bond donors (Lipinski definition) is 1. The number of rotatable bonds is 6. The summed E-state index contributed by atoms with van der Waals surface area (Å²) in [4.78, 5) is 17.4. The monoisotopic (exact) mass is 529 g/mol. The van der Waals surface area contributed by atoms with E-state index in [1.807, 2.05) is 96.4 Å². The molecule has 0 aliphatic heterocycles. The molecule has 0 radical (unpaired) electrons. The number of thioether (sulfide) groups is 1. The van der Waals surface area contributed by atoms with Crippen molar-refractivity contribution in [2.24, 2.45) is 0 Å². The molecule has 5 rings (SSSR count). The van der Waals surface area contributed by atoms with Gasteiger partial charge in [-0.15, -0.1) is 10.2 Å². The molecule has 1 N–H and O–H groups in total. The molecule has 0 aliphatic carbocycles. The van der Waals surface area contributed by atoms with E-state index in [0.717, 1.165) is 32.3 Å². The average Bonchev–Trinajstić information content (AvgIpc) is 3.27. The van der Waals surface area contributed by atoms with E-state index in [4.69, 9.17) is 4.98 Å². The molecular formula is C26H20BrN5OS. The third-order valence-electron chi connectivity index (χ3n) is 5.19. The van der Waals surface area contributed by atoms with E-state index >= 15 is 0 Å². The molecule has 2 heterocycles. The van der Waals surface area contributed by atoms with Crippen LogP contribution in [-0.4, -0.2) is 31.4 Å². The number of carbonyl (C=O) groups excluding carboxylic acids is 1. The summed E-state index contributed by atoms with van der Waals surface area (Å²) in [6, 6.07) is 27.4. The lowest BCUT2D eigenvalue weighted by molar-refractivity contribution is -0.113. The maximum atomic E-state index is 12.6. The summed E-state index contributed by atoms with van der Waals surface area (Å²) in [7, 11) is 0. The van der Waals surface area contributed by atoms with Gasteiger partial charge in [-0.1, -0.05) is 60.3 Å². The Labute approximate surface area is 209 Å². The van der Waals surface area contributed by atoms with Gasteiger partial charge in [-0.3, -0.25) is 9.36 Å². The molecule has 34 heavy (non-hydrogen) atoms. The van der Waals surface area contributed by atoms with Gasteiger partial charge in [0.25, 0.3) is 0 Å². The van der Waals surface area contributed by atoms with Crippen molar-refractivity contribution in [1.29, 1.82) is 0 Å².